The summed E-state index contributed by atoms with van der Waals surface area (Å²) in [6.07, 6.45) is 0. The molecule has 2 aromatic heterocycles. The van der Waals surface area contributed by atoms with Crippen molar-refractivity contribution >= 4 is 59.6 Å². The Morgan fingerprint density at radius 2 is 0.763 bits per heavy atom. The Kier molecular flexibility index (Phi) is 8.72. The zero-order valence-electron chi connectivity index (χ0n) is 32.2. The van der Waals surface area contributed by atoms with Gasteiger partial charge < -0.3 is 9.47 Å². The molecule has 2 heterocycles. The number of hydrogen-bond acceptors (Lipinski definition) is 2. The third-order valence-corrected chi connectivity index (χ3v) is 12.7. The normalized spacial score (nSPS) is 11.4. The number of fused-ring (bicyclic) bond motifs is 5. The summed E-state index contributed by atoms with van der Waals surface area (Å²) in [6.45, 7) is 0. The molecule has 0 saturated carbocycles. The number of hydrogen-bond donors (Lipinski definition) is 0. The Morgan fingerprint density at radius 3 is 1.36 bits per heavy atom. The van der Waals surface area contributed by atoms with Gasteiger partial charge in [-0.25, -0.2) is 0 Å². The topological polar surface area (TPSA) is 8.17 Å². The average molecular weight is 771 g/mol. The smallest absolute Gasteiger partial charge is 0.0727 e. The molecular weight excluding hydrogens is 733 g/mol. The number of anilines is 3. The summed E-state index contributed by atoms with van der Waals surface area (Å²) >= 11 is 1.90. The van der Waals surface area contributed by atoms with E-state index in [2.05, 4.69) is 240 Å². The quantitative estimate of drug-likeness (QED) is 0.149. The lowest BCUT2D eigenvalue weighted by Crippen LogP contribution is -2.11. The van der Waals surface area contributed by atoms with E-state index in [0.29, 0.717) is 0 Å². The predicted molar refractivity (Wildman–Crippen MR) is 253 cm³/mol. The Bertz CT molecular complexity index is 3220. The van der Waals surface area contributed by atoms with E-state index in [0.717, 1.165) is 17.1 Å². The van der Waals surface area contributed by atoms with E-state index in [-0.39, 0.29) is 0 Å². The summed E-state index contributed by atoms with van der Waals surface area (Å²) in [4.78, 5) is 2.41. The molecule has 0 saturated heterocycles. The minimum atomic E-state index is 1.10. The molecule has 11 aromatic rings. The van der Waals surface area contributed by atoms with Crippen LogP contribution in [0.15, 0.2) is 231 Å². The number of rotatable bonds is 8. The molecule has 278 valence electrons. The van der Waals surface area contributed by atoms with Crippen LogP contribution in [-0.4, -0.2) is 4.57 Å². The largest absolute Gasteiger partial charge is 0.310 e. The summed E-state index contributed by atoms with van der Waals surface area (Å²) in [5.41, 5.74) is 16.6. The van der Waals surface area contributed by atoms with Crippen LogP contribution in [0.3, 0.4) is 0 Å². The minimum absolute atomic E-state index is 1.10. The van der Waals surface area contributed by atoms with E-state index in [9.17, 15) is 0 Å². The Morgan fingerprint density at radius 1 is 0.322 bits per heavy atom. The van der Waals surface area contributed by atoms with Gasteiger partial charge in [0, 0.05) is 43.7 Å². The first-order chi connectivity index (χ1) is 29.3. The molecular formula is C56H38N2S. The Hall–Kier alpha value is -7.46. The van der Waals surface area contributed by atoms with E-state index < -0.39 is 0 Å². The highest BCUT2D eigenvalue weighted by Crippen LogP contribution is 2.48. The number of thiophene rings is 1. The van der Waals surface area contributed by atoms with Crippen LogP contribution < -0.4 is 4.90 Å². The summed E-state index contributed by atoms with van der Waals surface area (Å²) < 4.78 is 5.04. The number of para-hydroxylation sites is 3. The average Bonchev–Trinajstić information content (AvgIpc) is 3.86. The highest BCUT2D eigenvalue weighted by molar-refractivity contribution is 7.27. The van der Waals surface area contributed by atoms with Gasteiger partial charge in [0.05, 0.1) is 21.4 Å². The first kappa shape index (κ1) is 34.8. The second-order valence-corrected chi connectivity index (χ2v) is 15.9. The fourth-order valence-electron chi connectivity index (χ4n) is 8.59. The van der Waals surface area contributed by atoms with Gasteiger partial charge in [-0.1, -0.05) is 182 Å². The molecule has 0 N–H and O–H groups in total. The zero-order chi connectivity index (χ0) is 39.1. The lowest BCUT2D eigenvalue weighted by atomic mass is 9.98. The molecule has 0 unspecified atom stereocenters. The molecule has 0 spiro atoms. The van der Waals surface area contributed by atoms with Crippen LogP contribution in [0.1, 0.15) is 0 Å². The van der Waals surface area contributed by atoms with Crippen molar-refractivity contribution in [2.75, 3.05) is 4.90 Å². The lowest BCUT2D eigenvalue weighted by molar-refractivity contribution is 1.19. The molecule has 3 heteroatoms. The van der Waals surface area contributed by atoms with Crippen LogP contribution in [0.2, 0.25) is 0 Å². The summed E-state index contributed by atoms with van der Waals surface area (Å²) in [5.74, 6) is 0. The summed E-state index contributed by atoms with van der Waals surface area (Å²) in [7, 11) is 0. The monoisotopic (exact) mass is 770 g/mol. The zero-order valence-corrected chi connectivity index (χ0v) is 33.1. The first-order valence-corrected chi connectivity index (χ1v) is 20.9. The van der Waals surface area contributed by atoms with Crippen LogP contribution in [0.4, 0.5) is 17.1 Å². The standard InChI is InChI=1S/C56H38N2S/c1-4-15-39(16-5-1)41-27-29-42(30-28-41)44-33-37-47(38-34-44)57(46-35-31-43(32-36-46)40-17-6-2-7-18-40)52-25-12-10-21-48(52)49-23-14-24-51-54-56(59-55(49)51)50-22-11-13-26-53(50)58(54)45-19-8-3-9-20-45/h1-38H. The van der Waals surface area contributed by atoms with Crippen molar-refractivity contribution in [3.05, 3.63) is 231 Å². The van der Waals surface area contributed by atoms with E-state index >= 15 is 0 Å². The van der Waals surface area contributed by atoms with Crippen LogP contribution in [0.25, 0.3) is 81.4 Å². The van der Waals surface area contributed by atoms with E-state index in [4.69, 9.17) is 0 Å². The van der Waals surface area contributed by atoms with Gasteiger partial charge in [-0.3, -0.25) is 0 Å². The van der Waals surface area contributed by atoms with Gasteiger partial charge >= 0.3 is 0 Å². The van der Waals surface area contributed by atoms with Crippen LogP contribution in [-0.2, 0) is 0 Å². The number of benzene rings is 9. The Labute approximate surface area is 348 Å². The Balaban J connectivity index is 1.06. The molecule has 0 bridgehead atoms. The molecule has 0 aliphatic heterocycles. The van der Waals surface area contributed by atoms with Gasteiger partial charge in [0.25, 0.3) is 0 Å². The van der Waals surface area contributed by atoms with Crippen molar-refractivity contribution < 1.29 is 0 Å². The summed E-state index contributed by atoms with van der Waals surface area (Å²) in [5, 5.41) is 2.54. The molecule has 0 amide bonds. The lowest BCUT2D eigenvalue weighted by Gasteiger charge is -2.28. The van der Waals surface area contributed by atoms with Gasteiger partial charge in [0.15, 0.2) is 0 Å². The molecule has 0 fully saturated rings. The van der Waals surface area contributed by atoms with Crippen molar-refractivity contribution in [3.8, 4) is 50.2 Å². The van der Waals surface area contributed by atoms with Crippen LogP contribution >= 0.6 is 11.3 Å². The number of aromatic nitrogens is 1. The molecule has 0 atom stereocenters. The number of nitrogens with zero attached hydrogens (tertiary/aromatic N) is 2. The van der Waals surface area contributed by atoms with Crippen molar-refractivity contribution in [2.45, 2.75) is 0 Å². The molecule has 2 nitrogen and oxygen atoms in total. The highest BCUT2D eigenvalue weighted by atomic mass is 32.1. The molecule has 59 heavy (non-hydrogen) atoms. The molecule has 0 aliphatic carbocycles. The molecule has 0 aliphatic rings. The second-order valence-electron chi connectivity index (χ2n) is 14.9. The maximum atomic E-state index is 2.44. The summed E-state index contributed by atoms with van der Waals surface area (Å²) in [6, 6.07) is 83.3. The van der Waals surface area contributed by atoms with Gasteiger partial charge in [0.2, 0.25) is 0 Å². The van der Waals surface area contributed by atoms with Gasteiger partial charge in [-0.05, 0) is 81.9 Å². The van der Waals surface area contributed by atoms with Crippen LogP contribution in [0, 0.1) is 0 Å². The third-order valence-electron chi connectivity index (χ3n) is 11.4. The fraction of sp³-hybridized carbons (Fsp3) is 0. The van der Waals surface area contributed by atoms with Gasteiger partial charge in [0.1, 0.15) is 0 Å². The molecule has 11 rings (SSSR count). The maximum absolute atomic E-state index is 2.44. The fourth-order valence-corrected chi connectivity index (χ4v) is 9.94. The van der Waals surface area contributed by atoms with Crippen LogP contribution in [0.5, 0.6) is 0 Å². The van der Waals surface area contributed by atoms with Crippen molar-refractivity contribution in [2.24, 2.45) is 0 Å². The van der Waals surface area contributed by atoms with Crippen molar-refractivity contribution in [3.63, 3.8) is 0 Å². The predicted octanol–water partition coefficient (Wildman–Crippen LogP) is 16.1. The van der Waals surface area contributed by atoms with Crippen molar-refractivity contribution in [1.29, 1.82) is 0 Å². The van der Waals surface area contributed by atoms with Gasteiger partial charge in [-0.15, -0.1) is 11.3 Å². The molecule has 9 aromatic carbocycles. The second kappa shape index (κ2) is 14.8. The van der Waals surface area contributed by atoms with E-state index in [1.54, 1.807) is 0 Å². The third kappa shape index (κ3) is 6.20. The highest BCUT2D eigenvalue weighted by Gasteiger charge is 2.23. The minimum Gasteiger partial charge on any atom is -0.310 e. The maximum Gasteiger partial charge on any atom is 0.0727 e. The SMILES string of the molecule is c1ccc(-c2ccc(-c3ccc(N(c4ccc(-c5ccccc5)cc4)c4ccccc4-c4cccc5c4sc4c6ccccc6n(-c6ccccc6)c54)cc3)cc2)cc1. The van der Waals surface area contributed by atoms with Crippen molar-refractivity contribution in [1.82, 2.24) is 4.57 Å². The first-order valence-electron chi connectivity index (χ1n) is 20.1. The van der Waals surface area contributed by atoms with E-state index in [1.165, 1.54) is 81.4 Å². The van der Waals surface area contributed by atoms with Gasteiger partial charge in [-0.2, -0.15) is 0 Å². The molecule has 0 radical (unpaired) electrons. The van der Waals surface area contributed by atoms with E-state index in [1.807, 2.05) is 11.3 Å².